The van der Waals surface area contributed by atoms with Gasteiger partial charge in [0.2, 0.25) is 0 Å². The number of rotatable bonds is 0. The van der Waals surface area contributed by atoms with E-state index in [0.717, 1.165) is 19.3 Å². The molecule has 0 unspecified atom stereocenters. The summed E-state index contributed by atoms with van der Waals surface area (Å²) in [5.74, 6) is 0. The number of hydrogen-bond donors (Lipinski definition) is 0. The van der Waals surface area contributed by atoms with Crippen LogP contribution in [0.25, 0.3) is 0 Å². The molecule has 0 aliphatic rings. The van der Waals surface area contributed by atoms with E-state index in [1.165, 1.54) is 0 Å². The Balaban J connectivity index is -0.000000101. The third-order valence-electron chi connectivity index (χ3n) is 0. The highest BCUT2D eigenvalue weighted by molar-refractivity contribution is 3.92. The summed E-state index contributed by atoms with van der Waals surface area (Å²) in [5, 5.41) is 0. The van der Waals surface area contributed by atoms with Gasteiger partial charge in [0.15, 0.2) is 0 Å². The van der Waals surface area contributed by atoms with Crippen LogP contribution in [-0.4, -0.2) is 0 Å². The van der Waals surface area contributed by atoms with Crippen molar-refractivity contribution >= 4 is 0 Å². The Morgan fingerprint density at radius 1 is 0.778 bits per heavy atom. The van der Waals surface area contributed by atoms with Crippen LogP contribution in [0.2, 0.25) is 0 Å². The first-order valence-electron chi connectivity index (χ1n) is 5.74. The second kappa shape index (κ2) is 43.6. The molecule has 0 radical (unpaired) electrons. The van der Waals surface area contributed by atoms with Crippen LogP contribution in [0.15, 0.2) is 0 Å². The highest BCUT2D eigenvalue weighted by Gasteiger charge is 1.36. The van der Waals surface area contributed by atoms with Gasteiger partial charge in [0, 0.05) is 4.11 Å². The van der Waals surface area contributed by atoms with Gasteiger partial charge in [-0.05, 0) is 0 Å². The van der Waals surface area contributed by atoms with Crippen molar-refractivity contribution in [3.8, 4) is 0 Å². The van der Waals surface area contributed by atoms with Crippen LogP contribution in [0, 0.1) is 0 Å². The normalized spacial score (nSPS) is 10.3. The smallest absolute Gasteiger partial charge is 0.0230 e. The molecular weight excluding hydrogens is 108 g/mol. The summed E-state index contributed by atoms with van der Waals surface area (Å²) in [6.07, 6.45) is 2.96. The quantitative estimate of drug-likeness (QED) is 0.466. The van der Waals surface area contributed by atoms with Crippen LogP contribution >= 0.6 is 0 Å². The van der Waals surface area contributed by atoms with Gasteiger partial charge in [0.05, 0.1) is 0 Å². The maximum Gasteiger partial charge on any atom is 0.0230 e. The lowest BCUT2D eigenvalue weighted by Crippen LogP contribution is -1.27. The minimum atomic E-state index is 0.569. The molecule has 0 rings (SSSR count). The van der Waals surface area contributed by atoms with Crippen molar-refractivity contribution in [2.45, 2.75) is 60.7 Å². The molecule has 0 heterocycles. The van der Waals surface area contributed by atoms with E-state index in [2.05, 4.69) is 0 Å². The molecule has 0 aromatic rings. The van der Waals surface area contributed by atoms with Gasteiger partial charge in [0.25, 0.3) is 0 Å². The van der Waals surface area contributed by atoms with Crippen molar-refractivity contribution in [3.63, 3.8) is 0 Å². The average Bonchev–Trinajstić information content (AvgIpc) is 2.18. The molecule has 0 heteroatoms. The van der Waals surface area contributed by atoms with E-state index in [1.54, 1.807) is 0 Å². The van der Waals surface area contributed by atoms with Crippen molar-refractivity contribution in [3.05, 3.63) is 0 Å². The monoisotopic (exact) mass is 135 g/mol. The zero-order valence-electron chi connectivity index (χ0n) is 10.2. The zero-order chi connectivity index (χ0) is 10.2. The first-order chi connectivity index (χ1) is 5.74. The van der Waals surface area contributed by atoms with Gasteiger partial charge < -0.3 is 0 Å². The standard InChI is InChI=1S/3C3H8/c3*1-3-2/h3*3H2,1-2H3/i3*1D. The van der Waals surface area contributed by atoms with E-state index < -0.39 is 0 Å². The van der Waals surface area contributed by atoms with Crippen LogP contribution in [0.3, 0.4) is 0 Å². The summed E-state index contributed by atoms with van der Waals surface area (Å²) in [4.78, 5) is 0. The average molecular weight is 135 g/mol. The maximum atomic E-state index is 6.45. The Morgan fingerprint density at radius 2 is 0.889 bits per heavy atom. The summed E-state index contributed by atoms with van der Waals surface area (Å²) >= 11 is 0. The van der Waals surface area contributed by atoms with Gasteiger partial charge in [-0.15, -0.1) is 0 Å². The van der Waals surface area contributed by atoms with Gasteiger partial charge >= 0.3 is 0 Å². The van der Waals surface area contributed by atoms with Crippen molar-refractivity contribution in [2.24, 2.45) is 0 Å². The SMILES string of the molecule is [2H]CCC.[2H]CCC.[2H]CCC. The molecule has 0 saturated heterocycles. The molecule has 0 aliphatic heterocycles. The molecule has 0 aromatic carbocycles. The molecule has 60 valence electrons. The zero-order valence-corrected chi connectivity index (χ0v) is 7.24. The highest BCUT2D eigenvalue weighted by Crippen LogP contribution is 1.56. The molecule has 0 bridgehead atoms. The minimum absolute atomic E-state index is 0.569. The molecule has 0 atom stereocenters. The predicted octanol–water partition coefficient (Wildman–Crippen LogP) is 4.25. The van der Waals surface area contributed by atoms with Crippen molar-refractivity contribution < 1.29 is 4.11 Å². The maximum absolute atomic E-state index is 6.45. The summed E-state index contributed by atoms with van der Waals surface area (Å²) in [6, 6.07) is 0. The molecule has 0 aromatic heterocycles. The fourth-order valence-electron chi connectivity index (χ4n) is 0. The summed E-state index contributed by atoms with van der Waals surface area (Å²) in [7, 11) is 0. The van der Waals surface area contributed by atoms with Crippen molar-refractivity contribution in [1.29, 1.82) is 0 Å². The van der Waals surface area contributed by atoms with Crippen LogP contribution in [0.4, 0.5) is 0 Å². The Labute approximate surface area is 65.9 Å². The first-order valence-corrected chi connectivity index (χ1v) is 3.62. The van der Waals surface area contributed by atoms with Crippen molar-refractivity contribution in [2.75, 3.05) is 0 Å². The van der Waals surface area contributed by atoms with Gasteiger partial charge in [-0.2, -0.15) is 0 Å². The van der Waals surface area contributed by atoms with Gasteiger partial charge in [0.1, 0.15) is 0 Å². The summed E-state index contributed by atoms with van der Waals surface area (Å²) in [6.45, 7) is 7.69. The van der Waals surface area contributed by atoms with Crippen LogP contribution < -0.4 is 0 Å². The van der Waals surface area contributed by atoms with Gasteiger partial charge in [-0.25, -0.2) is 0 Å². The molecule has 0 N–H and O–H groups in total. The van der Waals surface area contributed by atoms with E-state index in [4.69, 9.17) is 4.11 Å². The summed E-state index contributed by atoms with van der Waals surface area (Å²) < 4.78 is 19.4. The molecule has 0 saturated carbocycles. The fraction of sp³-hybridized carbons (Fsp3) is 1.00. The van der Waals surface area contributed by atoms with E-state index in [-0.39, 0.29) is 0 Å². The third-order valence-corrected chi connectivity index (χ3v) is 0. The van der Waals surface area contributed by atoms with Gasteiger partial charge in [-0.3, -0.25) is 0 Å². The Hall–Kier alpha value is 0. The van der Waals surface area contributed by atoms with Gasteiger partial charge in [-0.1, -0.05) is 60.7 Å². The second-order valence-electron chi connectivity index (χ2n) is 1.50. The van der Waals surface area contributed by atoms with E-state index in [9.17, 15) is 0 Å². The Morgan fingerprint density at radius 3 is 0.889 bits per heavy atom. The van der Waals surface area contributed by atoms with Crippen LogP contribution in [-0.2, 0) is 0 Å². The third kappa shape index (κ3) is 0. The molecule has 0 aliphatic carbocycles. The molecule has 0 fully saturated rings. The topological polar surface area (TPSA) is 0 Å². The molecule has 0 amide bonds. The predicted molar refractivity (Wildman–Crippen MR) is 47.9 cm³/mol. The van der Waals surface area contributed by atoms with Crippen molar-refractivity contribution in [1.82, 2.24) is 0 Å². The molecule has 9 heavy (non-hydrogen) atoms. The fourth-order valence-corrected chi connectivity index (χ4v) is 0. The lowest BCUT2D eigenvalue weighted by molar-refractivity contribution is 1.09. The Kier molecular flexibility index (Phi) is 34.4. The molecular formula is C9H24. The largest absolute Gasteiger partial charge is 0.0656 e. The van der Waals surface area contributed by atoms with Crippen LogP contribution in [0.5, 0.6) is 0 Å². The number of hydrogen-bond acceptors (Lipinski definition) is 0. The Bertz CT molecular complexity index is 25.2. The lowest BCUT2D eigenvalue weighted by Gasteiger charge is -1.48. The minimum Gasteiger partial charge on any atom is -0.0656 e. The second-order valence-corrected chi connectivity index (χ2v) is 1.50. The van der Waals surface area contributed by atoms with E-state index >= 15 is 0 Å². The van der Waals surface area contributed by atoms with Crippen LogP contribution in [0.1, 0.15) is 64.8 Å². The lowest BCUT2D eigenvalue weighted by atomic mass is 10.6. The first kappa shape index (κ1) is 7.11. The summed E-state index contributed by atoms with van der Waals surface area (Å²) in [5.41, 5.74) is 0. The van der Waals surface area contributed by atoms with E-state index in [1.807, 2.05) is 20.8 Å². The molecule has 0 spiro atoms. The van der Waals surface area contributed by atoms with E-state index in [0.29, 0.717) is 20.7 Å². The molecule has 0 nitrogen and oxygen atoms in total. The highest BCUT2D eigenvalue weighted by atomic mass is 13.4.